The SMILES string of the molecule is Fc1cccc2ncnc(Oc3ccc(-n4cccn4)cc3)c12. The highest BCUT2D eigenvalue weighted by molar-refractivity contribution is 5.84. The molecule has 0 saturated carbocycles. The molecule has 4 rings (SSSR count). The predicted molar refractivity (Wildman–Crippen MR) is 83.1 cm³/mol. The van der Waals surface area contributed by atoms with E-state index in [1.807, 2.05) is 24.4 Å². The monoisotopic (exact) mass is 306 g/mol. The number of fused-ring (bicyclic) bond motifs is 1. The van der Waals surface area contributed by atoms with E-state index >= 15 is 0 Å². The van der Waals surface area contributed by atoms with Crippen LogP contribution in [-0.4, -0.2) is 19.7 Å². The van der Waals surface area contributed by atoms with Crippen LogP contribution in [0.5, 0.6) is 11.6 Å². The van der Waals surface area contributed by atoms with Gasteiger partial charge < -0.3 is 4.74 Å². The van der Waals surface area contributed by atoms with Crippen LogP contribution in [0.1, 0.15) is 0 Å². The molecule has 2 heterocycles. The van der Waals surface area contributed by atoms with Crippen molar-refractivity contribution in [3.63, 3.8) is 0 Å². The van der Waals surface area contributed by atoms with E-state index in [9.17, 15) is 4.39 Å². The molecule has 2 aromatic carbocycles. The zero-order valence-corrected chi connectivity index (χ0v) is 11.9. The van der Waals surface area contributed by atoms with Crippen molar-refractivity contribution in [3.05, 3.63) is 73.1 Å². The Hall–Kier alpha value is -3.28. The van der Waals surface area contributed by atoms with E-state index < -0.39 is 5.82 Å². The van der Waals surface area contributed by atoms with Crippen molar-refractivity contribution in [1.29, 1.82) is 0 Å². The van der Waals surface area contributed by atoms with Crippen molar-refractivity contribution < 1.29 is 9.13 Å². The van der Waals surface area contributed by atoms with E-state index in [-0.39, 0.29) is 11.3 Å². The first-order valence-corrected chi connectivity index (χ1v) is 6.98. The molecule has 0 spiro atoms. The molecule has 112 valence electrons. The molecular weight excluding hydrogens is 295 g/mol. The maximum atomic E-state index is 14.0. The molecule has 6 heteroatoms. The normalized spacial score (nSPS) is 10.8. The lowest BCUT2D eigenvalue weighted by molar-refractivity contribution is 0.465. The fourth-order valence-electron chi connectivity index (χ4n) is 2.32. The maximum Gasteiger partial charge on any atom is 0.233 e. The van der Waals surface area contributed by atoms with Gasteiger partial charge in [0, 0.05) is 12.4 Å². The maximum absolute atomic E-state index is 14.0. The lowest BCUT2D eigenvalue weighted by atomic mass is 10.2. The average molecular weight is 306 g/mol. The molecule has 0 unspecified atom stereocenters. The number of ether oxygens (including phenoxy) is 1. The van der Waals surface area contributed by atoms with Gasteiger partial charge in [0.05, 0.1) is 16.6 Å². The molecule has 0 bridgehead atoms. The van der Waals surface area contributed by atoms with E-state index in [4.69, 9.17) is 4.74 Å². The number of aromatic nitrogens is 4. The summed E-state index contributed by atoms with van der Waals surface area (Å²) in [5.74, 6) is 0.343. The lowest BCUT2D eigenvalue weighted by Gasteiger charge is -2.08. The van der Waals surface area contributed by atoms with Crippen LogP contribution in [0.2, 0.25) is 0 Å². The van der Waals surface area contributed by atoms with Crippen LogP contribution in [0.4, 0.5) is 4.39 Å². The first-order valence-electron chi connectivity index (χ1n) is 6.98. The highest BCUT2D eigenvalue weighted by Gasteiger charge is 2.10. The minimum absolute atomic E-state index is 0.194. The molecule has 0 saturated heterocycles. The molecule has 0 radical (unpaired) electrons. The minimum atomic E-state index is -0.411. The second-order valence-electron chi connectivity index (χ2n) is 4.86. The summed E-state index contributed by atoms with van der Waals surface area (Å²) in [6, 6.07) is 13.8. The van der Waals surface area contributed by atoms with Crippen molar-refractivity contribution in [2.45, 2.75) is 0 Å². The predicted octanol–water partition coefficient (Wildman–Crippen LogP) is 3.75. The summed E-state index contributed by atoms with van der Waals surface area (Å²) in [5.41, 5.74) is 1.41. The van der Waals surface area contributed by atoms with Crippen molar-refractivity contribution in [2.75, 3.05) is 0 Å². The first kappa shape index (κ1) is 13.4. The summed E-state index contributed by atoms with van der Waals surface area (Å²) < 4.78 is 21.5. The van der Waals surface area contributed by atoms with Crippen molar-refractivity contribution in [3.8, 4) is 17.3 Å². The Bertz CT molecular complexity index is 947. The Morgan fingerprint density at radius 1 is 0.957 bits per heavy atom. The van der Waals surface area contributed by atoms with Crippen LogP contribution in [0, 0.1) is 5.82 Å². The van der Waals surface area contributed by atoms with Gasteiger partial charge in [-0.25, -0.2) is 19.0 Å². The molecule has 0 atom stereocenters. The van der Waals surface area contributed by atoms with Gasteiger partial charge in [-0.3, -0.25) is 0 Å². The Kier molecular flexibility index (Phi) is 3.20. The molecule has 23 heavy (non-hydrogen) atoms. The summed E-state index contributed by atoms with van der Waals surface area (Å²) in [6.07, 6.45) is 4.92. The van der Waals surface area contributed by atoms with Gasteiger partial charge in [-0.1, -0.05) is 6.07 Å². The number of hydrogen-bond donors (Lipinski definition) is 0. The summed E-state index contributed by atoms with van der Waals surface area (Å²) in [7, 11) is 0. The quantitative estimate of drug-likeness (QED) is 0.578. The molecule has 0 N–H and O–H groups in total. The fraction of sp³-hybridized carbons (Fsp3) is 0. The van der Waals surface area contributed by atoms with Gasteiger partial charge in [0.25, 0.3) is 0 Å². The molecular formula is C17H11FN4O. The van der Waals surface area contributed by atoms with Crippen LogP contribution < -0.4 is 4.74 Å². The van der Waals surface area contributed by atoms with Crippen molar-refractivity contribution in [2.24, 2.45) is 0 Å². The van der Waals surface area contributed by atoms with Crippen molar-refractivity contribution in [1.82, 2.24) is 19.7 Å². The highest BCUT2D eigenvalue weighted by atomic mass is 19.1. The van der Waals surface area contributed by atoms with Gasteiger partial charge in [0.15, 0.2) is 0 Å². The Morgan fingerprint density at radius 3 is 2.61 bits per heavy atom. The Labute approximate surface area is 131 Å². The van der Waals surface area contributed by atoms with Crippen LogP contribution in [0.25, 0.3) is 16.6 Å². The van der Waals surface area contributed by atoms with Gasteiger partial charge in [-0.05, 0) is 42.5 Å². The van der Waals surface area contributed by atoms with Gasteiger partial charge >= 0.3 is 0 Å². The molecule has 0 fully saturated rings. The average Bonchev–Trinajstić information content (AvgIpc) is 3.10. The fourth-order valence-corrected chi connectivity index (χ4v) is 2.32. The minimum Gasteiger partial charge on any atom is -0.438 e. The van der Waals surface area contributed by atoms with Crippen LogP contribution in [0.3, 0.4) is 0 Å². The van der Waals surface area contributed by atoms with E-state index in [1.165, 1.54) is 12.4 Å². The van der Waals surface area contributed by atoms with Crippen molar-refractivity contribution >= 4 is 10.9 Å². The standard InChI is InChI=1S/C17H11FN4O/c18-14-3-1-4-15-16(14)17(20-11-19-15)23-13-7-5-12(6-8-13)22-10-2-9-21-22/h1-11H. The first-order chi connectivity index (χ1) is 11.3. The Balaban J connectivity index is 1.69. The zero-order valence-electron chi connectivity index (χ0n) is 11.9. The third-order valence-corrected chi connectivity index (χ3v) is 3.40. The molecule has 2 aromatic heterocycles. The number of rotatable bonds is 3. The molecule has 4 aromatic rings. The van der Waals surface area contributed by atoms with E-state index in [0.29, 0.717) is 11.3 Å². The second kappa shape index (κ2) is 5.49. The second-order valence-corrected chi connectivity index (χ2v) is 4.86. The largest absolute Gasteiger partial charge is 0.438 e. The topological polar surface area (TPSA) is 52.8 Å². The van der Waals surface area contributed by atoms with Crippen LogP contribution in [-0.2, 0) is 0 Å². The van der Waals surface area contributed by atoms with Gasteiger partial charge in [0.2, 0.25) is 5.88 Å². The van der Waals surface area contributed by atoms with Gasteiger partial charge in [-0.15, -0.1) is 0 Å². The van der Waals surface area contributed by atoms with E-state index in [2.05, 4.69) is 15.1 Å². The number of halogens is 1. The van der Waals surface area contributed by atoms with E-state index in [1.54, 1.807) is 35.1 Å². The summed E-state index contributed by atoms with van der Waals surface area (Å²) in [6.45, 7) is 0. The zero-order chi connectivity index (χ0) is 15.6. The third-order valence-electron chi connectivity index (χ3n) is 3.40. The third kappa shape index (κ3) is 2.50. The molecule has 0 aliphatic heterocycles. The smallest absolute Gasteiger partial charge is 0.233 e. The van der Waals surface area contributed by atoms with Gasteiger partial charge in [-0.2, -0.15) is 5.10 Å². The molecule has 0 aliphatic carbocycles. The molecule has 5 nitrogen and oxygen atoms in total. The van der Waals surface area contributed by atoms with Gasteiger partial charge in [0.1, 0.15) is 17.9 Å². The van der Waals surface area contributed by atoms with Crippen LogP contribution in [0.15, 0.2) is 67.3 Å². The molecule has 0 amide bonds. The lowest BCUT2D eigenvalue weighted by Crippen LogP contribution is -1.95. The number of nitrogens with zero attached hydrogens (tertiary/aromatic N) is 4. The summed E-state index contributed by atoms with van der Waals surface area (Å²) >= 11 is 0. The summed E-state index contributed by atoms with van der Waals surface area (Å²) in [4.78, 5) is 8.09. The number of hydrogen-bond acceptors (Lipinski definition) is 4. The summed E-state index contributed by atoms with van der Waals surface area (Å²) in [5, 5.41) is 4.43. The Morgan fingerprint density at radius 2 is 1.83 bits per heavy atom. The van der Waals surface area contributed by atoms with Crippen LogP contribution >= 0.6 is 0 Å². The molecule has 0 aliphatic rings. The van der Waals surface area contributed by atoms with E-state index in [0.717, 1.165) is 5.69 Å². The number of benzene rings is 2. The highest BCUT2D eigenvalue weighted by Crippen LogP contribution is 2.28.